The second kappa shape index (κ2) is 9.93. The predicted molar refractivity (Wildman–Crippen MR) is 140 cm³/mol. The number of amides is 3. The second-order valence-electron chi connectivity index (χ2n) is 11.2. The Balaban J connectivity index is 1.28. The maximum atomic E-state index is 13.7. The third kappa shape index (κ3) is 5.01. The molecule has 5 rings (SSSR count). The van der Waals surface area contributed by atoms with Gasteiger partial charge in [0.15, 0.2) is 0 Å². The Morgan fingerprint density at radius 3 is 2.73 bits per heavy atom. The van der Waals surface area contributed by atoms with E-state index >= 15 is 0 Å². The molecule has 37 heavy (non-hydrogen) atoms. The molecular weight excluding hydrogens is 470 g/mol. The third-order valence-corrected chi connectivity index (χ3v) is 7.82. The van der Waals surface area contributed by atoms with Crippen molar-refractivity contribution >= 4 is 23.4 Å². The molecule has 0 bridgehead atoms. The Hall–Kier alpha value is -3.20. The van der Waals surface area contributed by atoms with E-state index < -0.39 is 0 Å². The highest BCUT2D eigenvalue weighted by atomic mass is 16.5. The minimum atomic E-state index is -0.372. The van der Waals surface area contributed by atoms with E-state index in [-0.39, 0.29) is 35.3 Å². The summed E-state index contributed by atoms with van der Waals surface area (Å²) in [5.74, 6) is -0.605. The van der Waals surface area contributed by atoms with E-state index in [9.17, 15) is 14.4 Å². The fraction of sp³-hybridized carbons (Fsp3) is 0.571. The van der Waals surface area contributed by atoms with Crippen molar-refractivity contribution in [1.82, 2.24) is 20.0 Å². The number of nitrogens with one attached hydrogen (secondary N) is 1. The molecule has 1 N–H and O–H groups in total. The van der Waals surface area contributed by atoms with Crippen molar-refractivity contribution in [2.45, 2.75) is 71.6 Å². The van der Waals surface area contributed by atoms with Gasteiger partial charge in [0.05, 0.1) is 40.6 Å². The predicted octanol–water partition coefficient (Wildman–Crippen LogP) is 3.09. The Kier molecular flexibility index (Phi) is 6.83. The van der Waals surface area contributed by atoms with Crippen molar-refractivity contribution in [2.75, 3.05) is 31.1 Å². The van der Waals surface area contributed by atoms with Crippen LogP contribution >= 0.6 is 0 Å². The number of aromatic nitrogens is 2. The summed E-state index contributed by atoms with van der Waals surface area (Å²) in [5.41, 5.74) is 3.36. The zero-order valence-corrected chi connectivity index (χ0v) is 22.2. The van der Waals surface area contributed by atoms with Crippen molar-refractivity contribution < 1.29 is 19.1 Å². The molecule has 3 aliphatic rings. The fourth-order valence-electron chi connectivity index (χ4n) is 6.04. The van der Waals surface area contributed by atoms with Crippen LogP contribution in [0.5, 0.6) is 0 Å². The Morgan fingerprint density at radius 1 is 1.19 bits per heavy atom. The van der Waals surface area contributed by atoms with Gasteiger partial charge in [-0.05, 0) is 71.6 Å². The molecule has 0 unspecified atom stereocenters. The normalized spacial score (nSPS) is 23.4. The lowest BCUT2D eigenvalue weighted by Gasteiger charge is -2.39. The molecule has 4 heterocycles. The zero-order valence-electron chi connectivity index (χ0n) is 22.2. The number of rotatable bonds is 6. The van der Waals surface area contributed by atoms with E-state index in [0.717, 1.165) is 36.5 Å². The third-order valence-electron chi connectivity index (χ3n) is 7.82. The molecule has 2 aromatic rings. The van der Waals surface area contributed by atoms with Crippen molar-refractivity contribution in [3.8, 4) is 0 Å². The van der Waals surface area contributed by atoms with Crippen LogP contribution in [0, 0.1) is 19.8 Å². The van der Waals surface area contributed by atoms with E-state index in [1.165, 1.54) is 4.90 Å². The van der Waals surface area contributed by atoms with Crippen LogP contribution in [0.15, 0.2) is 24.3 Å². The summed E-state index contributed by atoms with van der Waals surface area (Å²) in [6.07, 6.45) is 2.91. The van der Waals surface area contributed by atoms with Crippen LogP contribution in [0.25, 0.3) is 0 Å². The first-order valence-electron chi connectivity index (χ1n) is 13.3. The van der Waals surface area contributed by atoms with Gasteiger partial charge in [-0.15, -0.1) is 0 Å². The van der Waals surface area contributed by atoms with Gasteiger partial charge in [-0.1, -0.05) is 6.07 Å². The monoisotopic (exact) mass is 507 g/mol. The van der Waals surface area contributed by atoms with Crippen molar-refractivity contribution in [3.63, 3.8) is 0 Å². The van der Waals surface area contributed by atoms with Gasteiger partial charge in [0.2, 0.25) is 5.91 Å². The number of fused-ring (bicyclic) bond motifs is 1. The lowest BCUT2D eigenvalue weighted by atomic mass is 9.93. The number of piperidine rings is 1. The maximum absolute atomic E-state index is 13.7. The summed E-state index contributed by atoms with van der Waals surface area (Å²) in [5, 5.41) is 7.52. The second-order valence-corrected chi connectivity index (χ2v) is 11.2. The van der Waals surface area contributed by atoms with E-state index in [0.29, 0.717) is 50.2 Å². The van der Waals surface area contributed by atoms with Crippen LogP contribution in [0.2, 0.25) is 0 Å². The fourth-order valence-corrected chi connectivity index (χ4v) is 6.04. The Bertz CT molecular complexity index is 1220. The van der Waals surface area contributed by atoms with E-state index in [4.69, 9.17) is 4.74 Å². The molecule has 2 fully saturated rings. The van der Waals surface area contributed by atoms with Crippen LogP contribution < -0.4 is 10.2 Å². The lowest BCUT2D eigenvalue weighted by Crippen LogP contribution is -2.48. The standard InChI is InChI=1S/C28H37N5O4/c1-18-15-19(2)32(30-18)13-11-29-25(34)20-7-6-12-31(17-20)23-9-5-8-22-24(23)27(36)33(26(22)35)21-10-14-37-28(3,4)16-21/h5,8-9,15,20-21H,6-7,10-14,16-17H2,1-4H3,(H,29,34)/t20-,21+/m0/s1. The Morgan fingerprint density at radius 2 is 2.00 bits per heavy atom. The van der Waals surface area contributed by atoms with Crippen LogP contribution in [-0.2, 0) is 16.1 Å². The topological polar surface area (TPSA) is 96.8 Å². The first kappa shape index (κ1) is 25.4. The van der Waals surface area contributed by atoms with Crippen molar-refractivity contribution in [3.05, 3.63) is 46.8 Å². The zero-order chi connectivity index (χ0) is 26.3. The van der Waals surface area contributed by atoms with Crippen LogP contribution in [0.4, 0.5) is 5.69 Å². The van der Waals surface area contributed by atoms with Gasteiger partial charge in [-0.3, -0.25) is 24.0 Å². The van der Waals surface area contributed by atoms with Crippen LogP contribution in [-0.4, -0.2) is 70.3 Å². The average Bonchev–Trinajstić information content (AvgIpc) is 3.32. The molecule has 3 aliphatic heterocycles. The molecular formula is C28H37N5O4. The average molecular weight is 508 g/mol. The number of hydrogen-bond donors (Lipinski definition) is 1. The number of hydrogen-bond acceptors (Lipinski definition) is 6. The number of aryl methyl sites for hydroxylation is 2. The highest BCUT2D eigenvalue weighted by Crippen LogP contribution is 2.38. The van der Waals surface area contributed by atoms with Gasteiger partial charge in [-0.2, -0.15) is 5.10 Å². The summed E-state index contributed by atoms with van der Waals surface area (Å²) >= 11 is 0. The molecule has 1 aromatic carbocycles. The lowest BCUT2D eigenvalue weighted by molar-refractivity contribution is -0.125. The molecule has 3 amide bonds. The van der Waals surface area contributed by atoms with E-state index in [1.807, 2.05) is 50.6 Å². The summed E-state index contributed by atoms with van der Waals surface area (Å²) in [6.45, 7) is 10.9. The SMILES string of the molecule is Cc1cc(C)n(CCNC(=O)[C@H]2CCCN(c3cccc4c3C(=O)N([C@@H]3CCOC(C)(C)C3)C4=O)C2)n1. The van der Waals surface area contributed by atoms with Crippen LogP contribution in [0.3, 0.4) is 0 Å². The number of carbonyl (C=O) groups excluding carboxylic acids is 3. The van der Waals surface area contributed by atoms with Gasteiger partial charge < -0.3 is 15.0 Å². The number of imide groups is 1. The molecule has 0 spiro atoms. The highest BCUT2D eigenvalue weighted by molar-refractivity contribution is 6.24. The van der Waals surface area contributed by atoms with Gasteiger partial charge in [0.1, 0.15) is 0 Å². The van der Waals surface area contributed by atoms with Crippen LogP contribution in [0.1, 0.15) is 71.6 Å². The molecule has 0 saturated carbocycles. The minimum Gasteiger partial charge on any atom is -0.375 e. The molecule has 1 aromatic heterocycles. The Labute approximate surface area is 218 Å². The number of carbonyl (C=O) groups is 3. The molecule has 9 nitrogen and oxygen atoms in total. The van der Waals surface area contributed by atoms with Gasteiger partial charge in [0.25, 0.3) is 11.8 Å². The smallest absolute Gasteiger partial charge is 0.263 e. The molecule has 198 valence electrons. The van der Waals surface area contributed by atoms with Gasteiger partial charge in [-0.25, -0.2) is 0 Å². The number of ether oxygens (including phenoxy) is 1. The number of nitrogens with zero attached hydrogens (tertiary/aromatic N) is 4. The van der Waals surface area contributed by atoms with Gasteiger partial charge >= 0.3 is 0 Å². The maximum Gasteiger partial charge on any atom is 0.263 e. The summed E-state index contributed by atoms with van der Waals surface area (Å²) < 4.78 is 7.72. The molecule has 0 aliphatic carbocycles. The summed E-state index contributed by atoms with van der Waals surface area (Å²) in [7, 11) is 0. The molecule has 2 atom stereocenters. The summed E-state index contributed by atoms with van der Waals surface area (Å²) in [6, 6.07) is 7.34. The minimum absolute atomic E-state index is 0.0206. The van der Waals surface area contributed by atoms with Crippen molar-refractivity contribution in [2.24, 2.45) is 5.92 Å². The first-order chi connectivity index (χ1) is 17.6. The van der Waals surface area contributed by atoms with Gasteiger partial charge in [0, 0.05) is 38.0 Å². The molecule has 9 heteroatoms. The van der Waals surface area contributed by atoms with Crippen molar-refractivity contribution in [1.29, 1.82) is 0 Å². The number of anilines is 1. The number of benzene rings is 1. The van der Waals surface area contributed by atoms with E-state index in [1.54, 1.807) is 6.07 Å². The summed E-state index contributed by atoms with van der Waals surface area (Å²) in [4.78, 5) is 43.6. The molecule has 2 saturated heterocycles. The highest BCUT2D eigenvalue weighted by Gasteiger charge is 2.45. The molecule has 0 radical (unpaired) electrons. The first-order valence-corrected chi connectivity index (χ1v) is 13.3. The quantitative estimate of drug-likeness (QED) is 0.604. The largest absolute Gasteiger partial charge is 0.375 e. The van der Waals surface area contributed by atoms with E-state index in [2.05, 4.69) is 15.3 Å².